The third-order valence-corrected chi connectivity index (χ3v) is 6.08. The Morgan fingerprint density at radius 1 is 1.10 bits per heavy atom. The third kappa shape index (κ3) is 10.9. The van der Waals surface area contributed by atoms with Crippen molar-refractivity contribution in [2.75, 3.05) is 18.8 Å². The molecule has 0 spiro atoms. The fourth-order valence-electron chi connectivity index (χ4n) is 3.17. The van der Waals surface area contributed by atoms with E-state index in [9.17, 15) is 14.4 Å². The summed E-state index contributed by atoms with van der Waals surface area (Å²) in [5.74, 6) is 1.17. The summed E-state index contributed by atoms with van der Waals surface area (Å²) in [6, 6.07) is 0.556. The van der Waals surface area contributed by atoms with Crippen LogP contribution in [0.5, 0.6) is 0 Å². The molecule has 0 aromatic heterocycles. The number of unbranched alkanes of at least 4 members (excludes halogenated alkanes) is 1. The van der Waals surface area contributed by atoms with Gasteiger partial charge in [-0.15, -0.1) is 0 Å². The van der Waals surface area contributed by atoms with Crippen molar-refractivity contribution in [2.24, 2.45) is 0 Å². The molecule has 2 fully saturated rings. The summed E-state index contributed by atoms with van der Waals surface area (Å²) in [5.41, 5.74) is -0.391. The van der Waals surface area contributed by atoms with Gasteiger partial charge in [0.2, 0.25) is 5.91 Å². The topological polar surface area (TPSA) is 109 Å². The quantitative estimate of drug-likeness (QED) is 0.323. The molecule has 2 aliphatic rings. The number of ether oxygens (including phenoxy) is 1. The second kappa shape index (κ2) is 13.6. The summed E-state index contributed by atoms with van der Waals surface area (Å²) in [7, 11) is 0. The number of nitrogens with one attached hydrogen (secondary N) is 4. The van der Waals surface area contributed by atoms with Crippen LogP contribution in [0.2, 0.25) is 0 Å². The van der Waals surface area contributed by atoms with E-state index in [1.807, 2.05) is 39.5 Å². The first-order chi connectivity index (χ1) is 14.2. The van der Waals surface area contributed by atoms with Gasteiger partial charge in [0.1, 0.15) is 5.60 Å². The molecule has 2 aliphatic heterocycles. The molecular weight excluding hydrogens is 404 g/mol. The van der Waals surface area contributed by atoms with Crippen molar-refractivity contribution in [1.29, 1.82) is 0 Å². The fourth-order valence-corrected chi connectivity index (χ4v) is 4.71. The summed E-state index contributed by atoms with van der Waals surface area (Å²) in [6.07, 6.45) is 5.27. The average molecular weight is 445 g/mol. The SMILES string of the molecule is CCCNC(=O)CCCCC1SC[C@@H]2NC(=O)N[C@H]12.CCCNC(=O)OC(C)(C)C. The maximum atomic E-state index is 11.4. The maximum Gasteiger partial charge on any atom is 0.407 e. The van der Waals surface area contributed by atoms with Crippen molar-refractivity contribution in [3.63, 3.8) is 0 Å². The smallest absolute Gasteiger partial charge is 0.407 e. The molecule has 0 radical (unpaired) electrons. The minimum absolute atomic E-state index is 0.0285. The summed E-state index contributed by atoms with van der Waals surface area (Å²) in [6.45, 7) is 11.0. The number of carbonyl (C=O) groups is 3. The van der Waals surface area contributed by atoms with Crippen LogP contribution >= 0.6 is 11.8 Å². The first-order valence-corrected chi connectivity index (χ1v) is 12.1. The van der Waals surface area contributed by atoms with E-state index < -0.39 is 5.60 Å². The number of urea groups is 1. The van der Waals surface area contributed by atoms with E-state index in [0.717, 1.165) is 44.4 Å². The molecule has 2 saturated heterocycles. The van der Waals surface area contributed by atoms with Crippen LogP contribution in [-0.2, 0) is 9.53 Å². The zero-order valence-corrected chi connectivity index (χ0v) is 20.0. The van der Waals surface area contributed by atoms with Gasteiger partial charge < -0.3 is 26.0 Å². The van der Waals surface area contributed by atoms with Gasteiger partial charge in [0.15, 0.2) is 0 Å². The highest BCUT2D eigenvalue weighted by Gasteiger charge is 2.42. The number of rotatable bonds is 9. The van der Waals surface area contributed by atoms with Gasteiger partial charge in [0, 0.05) is 30.5 Å². The largest absolute Gasteiger partial charge is 0.444 e. The van der Waals surface area contributed by atoms with Crippen molar-refractivity contribution in [3.05, 3.63) is 0 Å². The first kappa shape index (κ1) is 26.4. The Bertz CT molecular complexity index is 554. The van der Waals surface area contributed by atoms with E-state index in [4.69, 9.17) is 4.74 Å². The average Bonchev–Trinajstić information content (AvgIpc) is 3.20. The fraction of sp³-hybridized carbons (Fsp3) is 0.857. The predicted molar refractivity (Wildman–Crippen MR) is 122 cm³/mol. The molecule has 0 aliphatic carbocycles. The van der Waals surface area contributed by atoms with E-state index in [2.05, 4.69) is 28.2 Å². The van der Waals surface area contributed by atoms with Gasteiger partial charge in [-0.1, -0.05) is 20.3 Å². The van der Waals surface area contributed by atoms with Crippen molar-refractivity contribution in [1.82, 2.24) is 21.3 Å². The Balaban J connectivity index is 0.000000352. The highest BCUT2D eigenvalue weighted by Crippen LogP contribution is 2.33. The summed E-state index contributed by atoms with van der Waals surface area (Å²) < 4.78 is 4.99. The monoisotopic (exact) mass is 444 g/mol. The minimum atomic E-state index is -0.391. The van der Waals surface area contributed by atoms with Gasteiger partial charge in [-0.3, -0.25) is 4.79 Å². The molecule has 0 aromatic carbocycles. The molecule has 3 atom stereocenters. The molecule has 174 valence electrons. The van der Waals surface area contributed by atoms with Gasteiger partial charge in [0.05, 0.1) is 12.1 Å². The van der Waals surface area contributed by atoms with Crippen LogP contribution in [0.1, 0.15) is 73.1 Å². The Labute approximate surface area is 185 Å². The molecule has 9 heteroatoms. The van der Waals surface area contributed by atoms with Crippen LogP contribution in [-0.4, -0.2) is 59.8 Å². The highest BCUT2D eigenvalue weighted by atomic mass is 32.2. The van der Waals surface area contributed by atoms with E-state index in [1.54, 1.807) is 0 Å². The number of amides is 4. The molecule has 0 aromatic rings. The maximum absolute atomic E-state index is 11.4. The molecule has 0 saturated carbocycles. The van der Waals surface area contributed by atoms with Crippen molar-refractivity contribution >= 4 is 29.8 Å². The zero-order chi connectivity index (χ0) is 22.6. The second-order valence-corrected chi connectivity index (χ2v) is 9.92. The van der Waals surface area contributed by atoms with Crippen LogP contribution in [0.25, 0.3) is 0 Å². The minimum Gasteiger partial charge on any atom is -0.444 e. The molecular formula is C21H40N4O4S. The molecule has 2 heterocycles. The zero-order valence-electron chi connectivity index (χ0n) is 19.1. The van der Waals surface area contributed by atoms with E-state index in [0.29, 0.717) is 24.3 Å². The number of hydrogen-bond donors (Lipinski definition) is 4. The van der Waals surface area contributed by atoms with Crippen LogP contribution < -0.4 is 21.3 Å². The van der Waals surface area contributed by atoms with E-state index >= 15 is 0 Å². The Hall–Kier alpha value is -1.64. The van der Waals surface area contributed by atoms with E-state index in [-0.39, 0.29) is 24.1 Å². The lowest BCUT2D eigenvalue weighted by atomic mass is 10.0. The number of hydrogen-bond acceptors (Lipinski definition) is 5. The molecule has 1 unspecified atom stereocenters. The van der Waals surface area contributed by atoms with Gasteiger partial charge in [-0.25, -0.2) is 9.59 Å². The molecule has 2 rings (SSSR count). The normalized spacial score (nSPS) is 22.2. The Morgan fingerprint density at radius 3 is 2.40 bits per heavy atom. The van der Waals surface area contributed by atoms with Gasteiger partial charge >= 0.3 is 12.1 Å². The highest BCUT2D eigenvalue weighted by molar-refractivity contribution is 8.00. The van der Waals surface area contributed by atoms with Gasteiger partial charge in [0.25, 0.3) is 0 Å². The first-order valence-electron chi connectivity index (χ1n) is 11.1. The third-order valence-electron chi connectivity index (χ3n) is 4.57. The molecule has 4 amide bonds. The van der Waals surface area contributed by atoms with Crippen LogP contribution in [0.4, 0.5) is 9.59 Å². The van der Waals surface area contributed by atoms with E-state index in [1.165, 1.54) is 0 Å². The Morgan fingerprint density at radius 2 is 1.77 bits per heavy atom. The van der Waals surface area contributed by atoms with Crippen molar-refractivity contribution in [3.8, 4) is 0 Å². The molecule has 4 N–H and O–H groups in total. The van der Waals surface area contributed by atoms with Crippen molar-refractivity contribution < 1.29 is 19.1 Å². The number of fused-ring (bicyclic) bond motifs is 1. The number of carbonyl (C=O) groups excluding carboxylic acids is 3. The Kier molecular flexibility index (Phi) is 12.0. The number of thioether (sulfide) groups is 1. The number of alkyl carbamates (subject to hydrolysis) is 1. The summed E-state index contributed by atoms with van der Waals surface area (Å²) in [4.78, 5) is 33.6. The lowest BCUT2D eigenvalue weighted by molar-refractivity contribution is -0.121. The summed E-state index contributed by atoms with van der Waals surface area (Å²) in [5, 5.41) is 12.0. The van der Waals surface area contributed by atoms with Gasteiger partial charge in [-0.05, 0) is 46.5 Å². The summed E-state index contributed by atoms with van der Waals surface area (Å²) >= 11 is 1.93. The van der Waals surface area contributed by atoms with Crippen LogP contribution in [0.15, 0.2) is 0 Å². The van der Waals surface area contributed by atoms with Gasteiger partial charge in [-0.2, -0.15) is 11.8 Å². The second-order valence-electron chi connectivity index (χ2n) is 8.65. The molecule has 30 heavy (non-hydrogen) atoms. The lowest BCUT2D eigenvalue weighted by Gasteiger charge is -2.19. The standard InChI is InChI=1S/C13H23N3O2S.C8H17NO2/c1-2-7-14-11(17)6-4-3-5-10-12-9(8-19-10)15-13(18)16-12;1-5-6-9-7(10)11-8(2,3)4/h9-10,12H,2-8H2,1H3,(H,14,17)(H2,15,16,18);5-6H2,1-4H3,(H,9,10)/t9-,10?,12-;/m0./s1. The van der Waals surface area contributed by atoms with Crippen LogP contribution in [0, 0.1) is 0 Å². The molecule has 8 nitrogen and oxygen atoms in total. The predicted octanol–water partition coefficient (Wildman–Crippen LogP) is 3.16. The van der Waals surface area contributed by atoms with Crippen molar-refractivity contribution in [2.45, 2.75) is 96.1 Å². The van der Waals surface area contributed by atoms with Crippen LogP contribution in [0.3, 0.4) is 0 Å². The lowest BCUT2D eigenvalue weighted by Crippen LogP contribution is -2.36. The molecule has 0 bridgehead atoms.